The number of allylic oxidation sites excluding steroid dienone is 1. The van der Waals surface area contributed by atoms with Crippen LogP contribution in [0.3, 0.4) is 0 Å². The first kappa shape index (κ1) is 12.5. The monoisotopic (exact) mass is 244 g/mol. The van der Waals surface area contributed by atoms with E-state index in [2.05, 4.69) is 6.58 Å². The maximum absolute atomic E-state index is 11.4. The Balaban J connectivity index is 4.58. The molecule has 0 aromatic heterocycles. The summed E-state index contributed by atoms with van der Waals surface area (Å²) in [6.07, 6.45) is 0.564. The number of carbonyl (C=O) groups is 1. The van der Waals surface area contributed by atoms with E-state index in [4.69, 9.17) is 33.2 Å². The van der Waals surface area contributed by atoms with Crippen molar-refractivity contribution in [3.8, 4) is 0 Å². The minimum atomic E-state index is -2.91. The molecule has 0 spiro atoms. The lowest BCUT2D eigenvalue weighted by Crippen LogP contribution is -2.27. The number of ketones is 1. The topological polar surface area (TPSA) is 17.1 Å². The summed E-state index contributed by atoms with van der Waals surface area (Å²) in [7, 11) is 0. The summed E-state index contributed by atoms with van der Waals surface area (Å²) in [6, 6.07) is -2.91. The zero-order valence-corrected chi connectivity index (χ0v) is 10.3. The summed E-state index contributed by atoms with van der Waals surface area (Å²) >= 11 is 17.2. The Kier molecular flexibility index (Phi) is 4.85. The molecule has 0 saturated heterocycles. The maximum atomic E-state index is 11.4. The quantitative estimate of drug-likeness (QED) is 0.420. The SMILES string of the molecule is C=C(C)C(=O)C(CC)[Si](Cl)(Cl)Cl. The van der Waals surface area contributed by atoms with E-state index in [1.165, 1.54) is 0 Å². The molecule has 0 aliphatic heterocycles. The van der Waals surface area contributed by atoms with Crippen molar-refractivity contribution in [2.75, 3.05) is 0 Å². The van der Waals surface area contributed by atoms with Crippen LogP contribution in [0.25, 0.3) is 0 Å². The number of Topliss-reactive ketones (excluding diaryl/α,β-unsaturated/α-hetero) is 1. The average Bonchev–Trinajstić information content (AvgIpc) is 1.85. The molecule has 0 bridgehead atoms. The van der Waals surface area contributed by atoms with Crippen molar-refractivity contribution in [2.24, 2.45) is 0 Å². The van der Waals surface area contributed by atoms with Crippen molar-refractivity contribution in [1.29, 1.82) is 0 Å². The van der Waals surface area contributed by atoms with Crippen LogP contribution < -0.4 is 0 Å². The predicted molar refractivity (Wildman–Crippen MR) is 57.2 cm³/mol. The molecule has 0 heterocycles. The lowest BCUT2D eigenvalue weighted by molar-refractivity contribution is -0.115. The molecular weight excluding hydrogens is 235 g/mol. The largest absolute Gasteiger partial charge is 0.351 e. The zero-order chi connectivity index (χ0) is 9.94. The highest BCUT2D eigenvalue weighted by Crippen LogP contribution is 2.38. The van der Waals surface area contributed by atoms with Gasteiger partial charge in [0, 0.05) is 0 Å². The van der Waals surface area contributed by atoms with E-state index in [1.807, 2.05) is 6.92 Å². The molecule has 0 aromatic rings. The summed E-state index contributed by atoms with van der Waals surface area (Å²) in [4.78, 5) is 11.4. The Labute approximate surface area is 87.8 Å². The third-order valence-corrected chi connectivity index (χ3v) is 5.37. The van der Waals surface area contributed by atoms with Crippen molar-refractivity contribution < 1.29 is 4.79 Å². The van der Waals surface area contributed by atoms with Gasteiger partial charge in [-0.15, -0.1) is 33.2 Å². The van der Waals surface area contributed by atoms with Gasteiger partial charge in [0.05, 0.1) is 5.54 Å². The minimum absolute atomic E-state index is 0.121. The van der Waals surface area contributed by atoms with Gasteiger partial charge in [-0.2, -0.15) is 0 Å². The first-order chi connectivity index (χ1) is 5.30. The molecule has 0 rings (SSSR count). The van der Waals surface area contributed by atoms with Gasteiger partial charge < -0.3 is 0 Å². The lowest BCUT2D eigenvalue weighted by Gasteiger charge is -2.18. The first-order valence-corrected chi connectivity index (χ1v) is 8.68. The maximum Gasteiger partial charge on any atom is 0.351 e. The average molecular weight is 246 g/mol. The van der Waals surface area contributed by atoms with Gasteiger partial charge in [0.1, 0.15) is 0 Å². The number of rotatable bonds is 4. The van der Waals surface area contributed by atoms with E-state index in [1.54, 1.807) is 6.92 Å². The van der Waals surface area contributed by atoms with Crippen molar-refractivity contribution in [3.63, 3.8) is 0 Å². The van der Waals surface area contributed by atoms with E-state index in [9.17, 15) is 4.79 Å². The second kappa shape index (κ2) is 4.65. The van der Waals surface area contributed by atoms with Crippen LogP contribution in [0.5, 0.6) is 0 Å². The Morgan fingerprint density at radius 1 is 1.50 bits per heavy atom. The Morgan fingerprint density at radius 2 is 1.92 bits per heavy atom. The van der Waals surface area contributed by atoms with Crippen LogP contribution in [0.1, 0.15) is 20.3 Å². The van der Waals surface area contributed by atoms with Crippen LogP contribution in [-0.2, 0) is 4.79 Å². The molecule has 5 heteroatoms. The van der Waals surface area contributed by atoms with Gasteiger partial charge in [-0.1, -0.05) is 13.5 Å². The van der Waals surface area contributed by atoms with Crippen LogP contribution in [0.15, 0.2) is 12.2 Å². The van der Waals surface area contributed by atoms with Gasteiger partial charge in [-0.25, -0.2) is 0 Å². The predicted octanol–water partition coefficient (Wildman–Crippen LogP) is 3.57. The van der Waals surface area contributed by atoms with Crippen LogP contribution in [0.2, 0.25) is 5.54 Å². The van der Waals surface area contributed by atoms with E-state index in [0.717, 1.165) is 0 Å². The fourth-order valence-electron chi connectivity index (χ4n) is 0.863. The first-order valence-electron chi connectivity index (χ1n) is 3.57. The van der Waals surface area contributed by atoms with E-state index >= 15 is 0 Å². The van der Waals surface area contributed by atoms with Crippen molar-refractivity contribution >= 4 is 45.0 Å². The highest BCUT2D eigenvalue weighted by Gasteiger charge is 2.40. The molecule has 1 nitrogen and oxygen atoms in total. The van der Waals surface area contributed by atoms with Crippen molar-refractivity contribution in [2.45, 2.75) is 25.8 Å². The smallest absolute Gasteiger partial charge is 0.294 e. The number of hydrogen-bond acceptors (Lipinski definition) is 1. The second-order valence-corrected chi connectivity index (χ2v) is 11.5. The van der Waals surface area contributed by atoms with E-state index < -0.39 is 11.5 Å². The molecule has 0 radical (unpaired) electrons. The second-order valence-electron chi connectivity index (χ2n) is 2.65. The molecule has 0 fully saturated rings. The molecule has 0 N–H and O–H groups in total. The van der Waals surface area contributed by atoms with E-state index in [0.29, 0.717) is 12.0 Å². The molecule has 70 valence electrons. The Bertz CT molecular complexity index is 197. The number of carbonyl (C=O) groups excluding carboxylic acids is 1. The third kappa shape index (κ3) is 3.48. The highest BCUT2D eigenvalue weighted by molar-refractivity contribution is 7.65. The van der Waals surface area contributed by atoms with Crippen LogP contribution >= 0.6 is 33.2 Å². The number of hydrogen-bond donors (Lipinski definition) is 0. The molecule has 1 unspecified atom stereocenters. The standard InChI is InChI=1S/C7H11Cl3OSi/c1-4-6(12(8,9)10)7(11)5(2)3/h6H,2,4H2,1,3H3. The molecule has 0 saturated carbocycles. The fraction of sp³-hybridized carbons (Fsp3) is 0.571. The molecular formula is C7H11Cl3OSi. The van der Waals surface area contributed by atoms with Crippen LogP contribution in [0, 0.1) is 0 Å². The van der Waals surface area contributed by atoms with Gasteiger partial charge in [0.25, 0.3) is 0 Å². The summed E-state index contributed by atoms with van der Waals surface area (Å²) in [5.41, 5.74) is 0.0145. The Morgan fingerprint density at radius 3 is 2.00 bits per heavy atom. The number of halogens is 3. The molecule has 0 aromatic carbocycles. The molecule has 0 amide bonds. The Hall–Kier alpha value is 0.497. The van der Waals surface area contributed by atoms with Crippen molar-refractivity contribution in [3.05, 3.63) is 12.2 Å². The molecule has 0 aliphatic carbocycles. The van der Waals surface area contributed by atoms with Gasteiger partial charge in [-0.05, 0) is 18.9 Å². The molecule has 12 heavy (non-hydrogen) atoms. The van der Waals surface area contributed by atoms with Crippen LogP contribution in [-0.4, -0.2) is 11.8 Å². The lowest BCUT2D eigenvalue weighted by atomic mass is 10.1. The third-order valence-electron chi connectivity index (χ3n) is 1.54. The van der Waals surface area contributed by atoms with Crippen LogP contribution in [0.4, 0.5) is 0 Å². The zero-order valence-electron chi connectivity index (χ0n) is 7.03. The normalized spacial score (nSPS) is 14.1. The van der Waals surface area contributed by atoms with Gasteiger partial charge in [0.2, 0.25) is 0 Å². The van der Waals surface area contributed by atoms with Gasteiger partial charge in [-0.3, -0.25) is 4.79 Å². The van der Waals surface area contributed by atoms with E-state index in [-0.39, 0.29) is 5.78 Å². The fourth-order valence-corrected chi connectivity index (χ4v) is 4.15. The van der Waals surface area contributed by atoms with Gasteiger partial charge >= 0.3 is 6.00 Å². The molecule has 0 aliphatic rings. The summed E-state index contributed by atoms with van der Waals surface area (Å²) in [6.45, 7) is 7.00. The van der Waals surface area contributed by atoms with Gasteiger partial charge in [0.15, 0.2) is 5.78 Å². The minimum Gasteiger partial charge on any atom is -0.294 e. The summed E-state index contributed by atoms with van der Waals surface area (Å²) in [5.74, 6) is -0.121. The summed E-state index contributed by atoms with van der Waals surface area (Å²) in [5, 5.41) is 0. The van der Waals surface area contributed by atoms with Crippen molar-refractivity contribution in [1.82, 2.24) is 0 Å². The highest BCUT2D eigenvalue weighted by atomic mass is 35.8. The molecule has 1 atom stereocenters. The summed E-state index contributed by atoms with van der Waals surface area (Å²) < 4.78 is 0.